The van der Waals surface area contributed by atoms with Crippen LogP contribution in [-0.2, 0) is 11.2 Å². The predicted molar refractivity (Wildman–Crippen MR) is 57.0 cm³/mol. The Morgan fingerprint density at radius 2 is 2.33 bits per heavy atom. The maximum absolute atomic E-state index is 13.2. The molecule has 1 N–H and O–H groups in total. The molecule has 2 aromatic rings. The second kappa shape index (κ2) is 4.78. The summed E-state index contributed by atoms with van der Waals surface area (Å²) in [5.74, 6) is -1.15. The van der Waals surface area contributed by atoms with Crippen LogP contribution in [0.3, 0.4) is 0 Å². The standard InChI is InChI=1S/C10H9FN4O3/c1-18-8-3-2-6(11)4-7(8)15-9(5-10(16)17)12-13-14-15/h2-4H,5H2,1H3,(H,16,17). The smallest absolute Gasteiger partial charge is 0.311 e. The molecule has 0 radical (unpaired) electrons. The van der Waals surface area contributed by atoms with Crippen LogP contribution in [0.5, 0.6) is 5.75 Å². The number of hydrogen-bond donors (Lipinski definition) is 1. The van der Waals surface area contributed by atoms with Gasteiger partial charge in [-0.25, -0.2) is 4.39 Å². The number of methoxy groups -OCH3 is 1. The number of hydrogen-bond acceptors (Lipinski definition) is 5. The second-order valence-electron chi connectivity index (χ2n) is 3.39. The first kappa shape index (κ1) is 12.0. The zero-order valence-electron chi connectivity index (χ0n) is 9.37. The van der Waals surface area contributed by atoms with Crippen molar-refractivity contribution in [2.24, 2.45) is 0 Å². The van der Waals surface area contributed by atoms with Gasteiger partial charge in [-0.1, -0.05) is 0 Å². The van der Waals surface area contributed by atoms with E-state index in [2.05, 4.69) is 15.5 Å². The average molecular weight is 252 g/mol. The molecule has 0 aliphatic rings. The van der Waals surface area contributed by atoms with Crippen molar-refractivity contribution < 1.29 is 19.0 Å². The third kappa shape index (κ3) is 2.26. The summed E-state index contributed by atoms with van der Waals surface area (Å²) < 4.78 is 19.4. The number of nitrogens with zero attached hydrogens (tertiary/aromatic N) is 4. The molecule has 7 nitrogen and oxygen atoms in total. The number of benzene rings is 1. The monoisotopic (exact) mass is 252 g/mol. The maximum atomic E-state index is 13.2. The fourth-order valence-corrected chi connectivity index (χ4v) is 1.47. The zero-order chi connectivity index (χ0) is 13.1. The Balaban J connectivity index is 2.51. The van der Waals surface area contributed by atoms with Crippen LogP contribution in [0.4, 0.5) is 4.39 Å². The van der Waals surface area contributed by atoms with Crippen LogP contribution >= 0.6 is 0 Å². The minimum atomic E-state index is -1.08. The van der Waals surface area contributed by atoms with Gasteiger partial charge >= 0.3 is 5.97 Å². The van der Waals surface area contributed by atoms with Crippen molar-refractivity contribution in [3.8, 4) is 11.4 Å². The van der Waals surface area contributed by atoms with Gasteiger partial charge in [0, 0.05) is 6.07 Å². The molecular weight excluding hydrogens is 243 g/mol. The number of carboxylic acids is 1. The van der Waals surface area contributed by atoms with Gasteiger partial charge in [-0.2, -0.15) is 4.68 Å². The molecule has 0 atom stereocenters. The van der Waals surface area contributed by atoms with Crippen molar-refractivity contribution in [2.75, 3.05) is 7.11 Å². The Kier molecular flexibility index (Phi) is 3.18. The molecule has 0 bridgehead atoms. The van der Waals surface area contributed by atoms with Gasteiger partial charge < -0.3 is 9.84 Å². The molecule has 18 heavy (non-hydrogen) atoms. The highest BCUT2D eigenvalue weighted by Crippen LogP contribution is 2.23. The Labute approximate surface area is 101 Å². The molecule has 0 fully saturated rings. The minimum Gasteiger partial charge on any atom is -0.494 e. The summed E-state index contributed by atoms with van der Waals surface area (Å²) in [6, 6.07) is 3.81. The third-order valence-electron chi connectivity index (χ3n) is 2.21. The van der Waals surface area contributed by atoms with Crippen LogP contribution in [0.25, 0.3) is 5.69 Å². The fourth-order valence-electron chi connectivity index (χ4n) is 1.47. The number of carboxylic acid groups (broad SMARTS) is 1. The number of aliphatic carboxylic acids is 1. The summed E-state index contributed by atoms with van der Waals surface area (Å²) in [6.45, 7) is 0. The highest BCUT2D eigenvalue weighted by atomic mass is 19.1. The molecule has 0 aliphatic heterocycles. The van der Waals surface area contributed by atoms with Gasteiger partial charge in [0.25, 0.3) is 0 Å². The van der Waals surface area contributed by atoms with Crippen molar-refractivity contribution in [1.82, 2.24) is 20.2 Å². The number of ether oxygens (including phenoxy) is 1. The molecule has 0 spiro atoms. The van der Waals surface area contributed by atoms with Gasteiger partial charge in [-0.3, -0.25) is 4.79 Å². The van der Waals surface area contributed by atoms with Crippen molar-refractivity contribution in [2.45, 2.75) is 6.42 Å². The highest BCUT2D eigenvalue weighted by Gasteiger charge is 2.15. The van der Waals surface area contributed by atoms with Gasteiger partial charge in [0.15, 0.2) is 5.82 Å². The van der Waals surface area contributed by atoms with E-state index in [1.165, 1.54) is 25.3 Å². The normalized spacial score (nSPS) is 10.3. The summed E-state index contributed by atoms with van der Waals surface area (Å²) in [4.78, 5) is 10.7. The van der Waals surface area contributed by atoms with Gasteiger partial charge in [0.05, 0.1) is 7.11 Å². The Bertz CT molecular complexity index is 584. The van der Waals surface area contributed by atoms with Crippen molar-refractivity contribution in [3.63, 3.8) is 0 Å². The first-order valence-electron chi connectivity index (χ1n) is 4.95. The van der Waals surface area contributed by atoms with Gasteiger partial charge in [0.1, 0.15) is 23.7 Å². The lowest BCUT2D eigenvalue weighted by molar-refractivity contribution is -0.136. The van der Waals surface area contributed by atoms with E-state index in [4.69, 9.17) is 9.84 Å². The molecule has 8 heteroatoms. The first-order chi connectivity index (χ1) is 8.61. The van der Waals surface area contributed by atoms with E-state index in [0.29, 0.717) is 5.75 Å². The number of carbonyl (C=O) groups is 1. The van der Waals surface area contributed by atoms with E-state index in [1.807, 2.05) is 0 Å². The molecule has 1 heterocycles. The second-order valence-corrected chi connectivity index (χ2v) is 3.39. The van der Waals surface area contributed by atoms with E-state index in [0.717, 1.165) is 4.68 Å². The lowest BCUT2D eigenvalue weighted by Crippen LogP contribution is -2.10. The SMILES string of the molecule is COc1ccc(F)cc1-n1nnnc1CC(=O)O. The van der Waals surface area contributed by atoms with Gasteiger partial charge in [-0.05, 0) is 22.6 Å². The molecule has 0 unspecified atom stereocenters. The van der Waals surface area contributed by atoms with Crippen LogP contribution in [0.15, 0.2) is 18.2 Å². The fraction of sp³-hybridized carbons (Fsp3) is 0.200. The van der Waals surface area contributed by atoms with E-state index in [-0.39, 0.29) is 17.9 Å². The van der Waals surface area contributed by atoms with Gasteiger partial charge in [-0.15, -0.1) is 5.10 Å². The molecule has 1 aromatic heterocycles. The molecular formula is C10H9FN4O3. The summed E-state index contributed by atoms with van der Waals surface area (Å²) in [7, 11) is 1.41. The Morgan fingerprint density at radius 3 is 3.00 bits per heavy atom. The minimum absolute atomic E-state index is 0.0893. The van der Waals surface area contributed by atoms with Crippen LogP contribution < -0.4 is 4.74 Å². The molecule has 1 aromatic carbocycles. The van der Waals surface area contributed by atoms with Gasteiger partial charge in [0.2, 0.25) is 0 Å². The summed E-state index contributed by atoms with van der Waals surface area (Å²) >= 11 is 0. The molecule has 0 saturated carbocycles. The van der Waals surface area contributed by atoms with Crippen LogP contribution in [0.2, 0.25) is 0 Å². The number of halogens is 1. The first-order valence-corrected chi connectivity index (χ1v) is 4.95. The predicted octanol–water partition coefficient (Wildman–Crippen LogP) is 0.437. The van der Waals surface area contributed by atoms with Crippen molar-refractivity contribution >= 4 is 5.97 Å². The molecule has 0 aliphatic carbocycles. The van der Waals surface area contributed by atoms with Crippen molar-refractivity contribution in [1.29, 1.82) is 0 Å². The highest BCUT2D eigenvalue weighted by molar-refractivity contribution is 5.69. The average Bonchev–Trinajstić information content (AvgIpc) is 2.76. The number of aromatic nitrogens is 4. The maximum Gasteiger partial charge on any atom is 0.311 e. The van der Waals surface area contributed by atoms with Crippen LogP contribution in [0, 0.1) is 5.82 Å². The lowest BCUT2D eigenvalue weighted by Gasteiger charge is -2.08. The third-order valence-corrected chi connectivity index (χ3v) is 2.21. The largest absolute Gasteiger partial charge is 0.494 e. The molecule has 2 rings (SSSR count). The summed E-state index contributed by atoms with van der Waals surface area (Å²) in [5, 5.41) is 19.3. The Morgan fingerprint density at radius 1 is 1.56 bits per heavy atom. The lowest BCUT2D eigenvalue weighted by atomic mass is 10.2. The number of tetrazole rings is 1. The topological polar surface area (TPSA) is 90.1 Å². The molecule has 94 valence electrons. The molecule has 0 saturated heterocycles. The van der Waals surface area contributed by atoms with Crippen molar-refractivity contribution in [3.05, 3.63) is 29.8 Å². The van der Waals surface area contributed by atoms with Crippen LogP contribution in [-0.4, -0.2) is 38.4 Å². The van der Waals surface area contributed by atoms with Crippen LogP contribution in [0.1, 0.15) is 5.82 Å². The number of rotatable bonds is 4. The van der Waals surface area contributed by atoms with E-state index < -0.39 is 11.8 Å². The van der Waals surface area contributed by atoms with E-state index >= 15 is 0 Å². The zero-order valence-corrected chi connectivity index (χ0v) is 9.37. The van der Waals surface area contributed by atoms with E-state index in [1.54, 1.807) is 0 Å². The Hall–Kier alpha value is -2.51. The summed E-state index contributed by atoms with van der Waals surface area (Å²) in [6.07, 6.45) is -0.368. The molecule has 0 amide bonds. The summed E-state index contributed by atoms with van der Waals surface area (Å²) in [5.41, 5.74) is 0.249. The quantitative estimate of drug-likeness (QED) is 0.849. The van der Waals surface area contributed by atoms with E-state index in [9.17, 15) is 9.18 Å².